The molecule has 2 aliphatic heterocycles. The van der Waals surface area contributed by atoms with Crippen molar-refractivity contribution in [3.8, 4) is 5.75 Å². The molecule has 4 rings (SSSR count). The number of hydrogen-bond donors (Lipinski definition) is 0. The monoisotopic (exact) mass is 390 g/mol. The van der Waals surface area contributed by atoms with Gasteiger partial charge in [-0.25, -0.2) is 0 Å². The molecule has 0 bridgehead atoms. The topological polar surface area (TPSA) is 49.9 Å². The van der Waals surface area contributed by atoms with Crippen molar-refractivity contribution in [1.29, 1.82) is 0 Å². The zero-order valence-corrected chi connectivity index (χ0v) is 16.8. The first-order valence-corrected chi connectivity index (χ1v) is 10.2. The van der Waals surface area contributed by atoms with Gasteiger partial charge in [0.15, 0.2) is 0 Å². The first-order valence-electron chi connectivity index (χ1n) is 10.2. The average Bonchev–Trinajstić information content (AvgIpc) is 3.03. The van der Waals surface area contributed by atoms with Crippen LogP contribution in [0.5, 0.6) is 5.75 Å². The lowest BCUT2D eigenvalue weighted by molar-refractivity contribution is -0.137. The van der Waals surface area contributed by atoms with Crippen LogP contribution < -0.4 is 4.74 Å². The van der Waals surface area contributed by atoms with Gasteiger partial charge in [0, 0.05) is 19.6 Å². The number of likely N-dealkylation sites (tertiary alicyclic amines) is 1. The fraction of sp³-hybridized carbons (Fsp3) is 0.333. The van der Waals surface area contributed by atoms with E-state index < -0.39 is 0 Å². The van der Waals surface area contributed by atoms with Gasteiger partial charge in [-0.2, -0.15) is 0 Å². The Kier molecular flexibility index (Phi) is 5.65. The van der Waals surface area contributed by atoms with Crippen LogP contribution in [-0.4, -0.2) is 48.4 Å². The fourth-order valence-corrected chi connectivity index (χ4v) is 4.08. The number of hydrogen-bond acceptors (Lipinski definition) is 4. The van der Waals surface area contributed by atoms with Gasteiger partial charge in [-0.1, -0.05) is 42.5 Å². The average molecular weight is 390 g/mol. The molecular formula is C24H26N2O3. The third-order valence-electron chi connectivity index (χ3n) is 5.66. The molecule has 150 valence electrons. The van der Waals surface area contributed by atoms with E-state index in [1.807, 2.05) is 54.6 Å². The first-order chi connectivity index (χ1) is 14.2. The predicted octanol–water partition coefficient (Wildman–Crippen LogP) is 3.50. The van der Waals surface area contributed by atoms with Gasteiger partial charge in [0.1, 0.15) is 11.4 Å². The normalized spacial score (nSPS) is 17.3. The summed E-state index contributed by atoms with van der Waals surface area (Å²) in [7, 11) is 1.61. The van der Waals surface area contributed by atoms with E-state index >= 15 is 0 Å². The van der Waals surface area contributed by atoms with E-state index in [9.17, 15) is 9.59 Å². The molecule has 0 aromatic heterocycles. The van der Waals surface area contributed by atoms with E-state index in [1.54, 1.807) is 7.11 Å². The number of nitrogens with zero attached hydrogens (tertiary/aromatic N) is 2. The highest BCUT2D eigenvalue weighted by Gasteiger charge is 2.41. The van der Waals surface area contributed by atoms with Crippen molar-refractivity contribution >= 4 is 17.4 Å². The van der Waals surface area contributed by atoms with Crippen LogP contribution in [0.15, 0.2) is 60.3 Å². The van der Waals surface area contributed by atoms with Gasteiger partial charge in [-0.15, -0.1) is 0 Å². The number of imide groups is 1. The number of methoxy groups -OCH3 is 1. The van der Waals surface area contributed by atoms with Crippen molar-refractivity contribution in [3.05, 3.63) is 71.4 Å². The van der Waals surface area contributed by atoms with Crippen molar-refractivity contribution < 1.29 is 14.3 Å². The number of benzene rings is 2. The number of ether oxygens (including phenoxy) is 1. The molecule has 5 heteroatoms. The number of rotatable bonds is 6. The van der Waals surface area contributed by atoms with E-state index in [-0.39, 0.29) is 11.8 Å². The Bertz CT molecular complexity index is 913. The number of amides is 2. The molecule has 0 radical (unpaired) electrons. The van der Waals surface area contributed by atoms with Gasteiger partial charge in [0.2, 0.25) is 0 Å². The molecule has 5 nitrogen and oxygen atoms in total. The fourth-order valence-electron chi connectivity index (χ4n) is 4.08. The van der Waals surface area contributed by atoms with Crippen LogP contribution in [0.25, 0.3) is 5.57 Å². The summed E-state index contributed by atoms with van der Waals surface area (Å²) in [4.78, 5) is 30.2. The second-order valence-electron chi connectivity index (χ2n) is 7.50. The van der Waals surface area contributed by atoms with E-state index in [0.717, 1.165) is 42.8 Å². The van der Waals surface area contributed by atoms with Crippen LogP contribution in [-0.2, 0) is 16.0 Å². The maximum atomic E-state index is 13.3. The summed E-state index contributed by atoms with van der Waals surface area (Å²) < 4.78 is 5.24. The van der Waals surface area contributed by atoms with Crippen LogP contribution in [0.2, 0.25) is 0 Å². The third kappa shape index (κ3) is 3.90. The Morgan fingerprint density at radius 2 is 1.55 bits per heavy atom. The van der Waals surface area contributed by atoms with Crippen molar-refractivity contribution in [1.82, 2.24) is 9.80 Å². The van der Waals surface area contributed by atoms with Crippen molar-refractivity contribution in [2.24, 2.45) is 0 Å². The van der Waals surface area contributed by atoms with Gasteiger partial charge >= 0.3 is 0 Å². The van der Waals surface area contributed by atoms with Gasteiger partial charge in [0.05, 0.1) is 12.7 Å². The van der Waals surface area contributed by atoms with Crippen LogP contribution in [0.1, 0.15) is 30.4 Å². The van der Waals surface area contributed by atoms with Gasteiger partial charge < -0.3 is 9.64 Å². The number of piperidine rings is 1. The lowest BCUT2D eigenvalue weighted by atomic mass is 10.0. The minimum atomic E-state index is -0.198. The summed E-state index contributed by atoms with van der Waals surface area (Å²) >= 11 is 0. The molecule has 0 aliphatic carbocycles. The molecule has 2 aliphatic rings. The second-order valence-corrected chi connectivity index (χ2v) is 7.50. The van der Waals surface area contributed by atoms with E-state index in [1.165, 1.54) is 11.3 Å². The highest BCUT2D eigenvalue weighted by atomic mass is 16.5. The summed E-state index contributed by atoms with van der Waals surface area (Å²) in [5, 5.41) is 0. The zero-order valence-electron chi connectivity index (χ0n) is 16.8. The summed E-state index contributed by atoms with van der Waals surface area (Å²) in [6, 6.07) is 17.4. The highest BCUT2D eigenvalue weighted by Crippen LogP contribution is 2.33. The maximum absolute atomic E-state index is 13.3. The predicted molar refractivity (Wildman–Crippen MR) is 112 cm³/mol. The van der Waals surface area contributed by atoms with Crippen LogP contribution in [0, 0.1) is 0 Å². The molecule has 2 heterocycles. The number of carbonyl (C=O) groups is 2. The lowest BCUT2D eigenvalue weighted by Gasteiger charge is -2.29. The SMILES string of the molecule is COc1ccc(C2=C(N3CCCCC3)C(=O)N(CCc3ccccc3)C2=O)cc1. The summed E-state index contributed by atoms with van der Waals surface area (Å²) in [5.41, 5.74) is 2.97. The van der Waals surface area contributed by atoms with Crippen LogP contribution in [0.3, 0.4) is 0 Å². The highest BCUT2D eigenvalue weighted by molar-refractivity contribution is 6.35. The van der Waals surface area contributed by atoms with Gasteiger partial charge in [-0.05, 0) is 48.9 Å². The summed E-state index contributed by atoms with van der Waals surface area (Å²) in [5.74, 6) is 0.363. The van der Waals surface area contributed by atoms with Crippen molar-refractivity contribution in [2.75, 3.05) is 26.7 Å². The van der Waals surface area contributed by atoms with Crippen molar-refractivity contribution in [3.63, 3.8) is 0 Å². The Labute approximate surface area is 171 Å². The molecular weight excluding hydrogens is 364 g/mol. The molecule has 1 saturated heterocycles. The summed E-state index contributed by atoms with van der Waals surface area (Å²) in [6.45, 7) is 2.03. The molecule has 0 N–H and O–H groups in total. The first kappa shape index (κ1) is 19.2. The molecule has 0 unspecified atom stereocenters. The molecule has 0 saturated carbocycles. The second kappa shape index (κ2) is 8.52. The molecule has 2 aromatic carbocycles. The van der Waals surface area contributed by atoms with Crippen LogP contribution >= 0.6 is 0 Å². The van der Waals surface area contributed by atoms with Gasteiger partial charge in [-0.3, -0.25) is 14.5 Å². The summed E-state index contributed by atoms with van der Waals surface area (Å²) in [6.07, 6.45) is 3.92. The molecule has 2 aromatic rings. The van der Waals surface area contributed by atoms with E-state index in [2.05, 4.69) is 4.90 Å². The van der Waals surface area contributed by atoms with Crippen molar-refractivity contribution in [2.45, 2.75) is 25.7 Å². The van der Waals surface area contributed by atoms with Crippen LogP contribution in [0.4, 0.5) is 0 Å². The molecule has 2 amide bonds. The lowest BCUT2D eigenvalue weighted by Crippen LogP contribution is -2.38. The Balaban J connectivity index is 1.65. The smallest absolute Gasteiger partial charge is 0.277 e. The largest absolute Gasteiger partial charge is 0.497 e. The Morgan fingerprint density at radius 3 is 2.21 bits per heavy atom. The minimum absolute atomic E-state index is 0.168. The Morgan fingerprint density at radius 1 is 0.862 bits per heavy atom. The number of carbonyl (C=O) groups excluding carboxylic acids is 2. The molecule has 1 fully saturated rings. The van der Waals surface area contributed by atoms with Gasteiger partial charge in [0.25, 0.3) is 11.8 Å². The quantitative estimate of drug-likeness (QED) is 0.709. The molecule has 0 atom stereocenters. The van der Waals surface area contributed by atoms with E-state index in [0.29, 0.717) is 24.2 Å². The minimum Gasteiger partial charge on any atom is -0.497 e. The Hall–Kier alpha value is -3.08. The molecule has 29 heavy (non-hydrogen) atoms. The standard InChI is InChI=1S/C24H26N2O3/c1-29-20-12-10-19(11-13-20)21-22(25-15-6-3-7-16-25)24(28)26(23(21)27)17-14-18-8-4-2-5-9-18/h2,4-5,8-13H,3,6-7,14-17H2,1H3. The zero-order chi connectivity index (χ0) is 20.2. The maximum Gasteiger partial charge on any atom is 0.277 e. The third-order valence-corrected chi connectivity index (χ3v) is 5.66. The van der Waals surface area contributed by atoms with E-state index in [4.69, 9.17) is 4.74 Å². The molecule has 0 spiro atoms.